The van der Waals surface area contributed by atoms with Crippen LogP contribution in [0.25, 0.3) is 6.08 Å². The van der Waals surface area contributed by atoms with Crippen LogP contribution in [0.1, 0.15) is 24.0 Å². The Bertz CT molecular complexity index is 699. The number of hydrogen-bond acceptors (Lipinski definition) is 5. The standard InChI is InChI=1S/C19H24N2O3S2/c1-14-6-8-15(9-7-14)13-16-18(23)21(19(25)26-16)10-4-5-17(22)24-12-11-20(2)3/h6-9,13H,4-5,10-12H2,1-3H3/p+1/b16-13+. The van der Waals surface area contributed by atoms with E-state index in [0.717, 1.165) is 12.1 Å². The van der Waals surface area contributed by atoms with Gasteiger partial charge in [0.05, 0.1) is 19.0 Å². The second kappa shape index (κ2) is 9.85. The van der Waals surface area contributed by atoms with Gasteiger partial charge in [0.25, 0.3) is 5.91 Å². The third-order valence-corrected chi connectivity index (χ3v) is 5.25. The minimum absolute atomic E-state index is 0.0925. The lowest BCUT2D eigenvalue weighted by Crippen LogP contribution is -3.06. The van der Waals surface area contributed by atoms with Crippen LogP contribution in [0.3, 0.4) is 0 Å². The summed E-state index contributed by atoms with van der Waals surface area (Å²) in [5.74, 6) is -0.322. The molecule has 1 saturated heterocycles. The van der Waals surface area contributed by atoms with Crippen LogP contribution >= 0.6 is 24.0 Å². The van der Waals surface area contributed by atoms with E-state index in [1.54, 1.807) is 4.90 Å². The van der Waals surface area contributed by atoms with E-state index in [1.807, 2.05) is 51.4 Å². The van der Waals surface area contributed by atoms with Crippen molar-refractivity contribution in [1.82, 2.24) is 4.90 Å². The van der Waals surface area contributed by atoms with Crippen molar-refractivity contribution in [3.63, 3.8) is 0 Å². The molecule has 0 radical (unpaired) electrons. The molecule has 1 aromatic rings. The third-order valence-electron chi connectivity index (χ3n) is 3.88. The maximum absolute atomic E-state index is 12.5. The van der Waals surface area contributed by atoms with Crippen molar-refractivity contribution in [1.29, 1.82) is 0 Å². The molecule has 5 nitrogen and oxygen atoms in total. The molecule has 0 aromatic heterocycles. The van der Waals surface area contributed by atoms with Gasteiger partial charge in [-0.15, -0.1) is 0 Å². The highest BCUT2D eigenvalue weighted by Gasteiger charge is 2.31. The molecule has 1 N–H and O–H groups in total. The summed E-state index contributed by atoms with van der Waals surface area (Å²) in [5, 5.41) is 0. The zero-order chi connectivity index (χ0) is 19.1. The Balaban J connectivity index is 1.83. The average Bonchev–Trinajstić information content (AvgIpc) is 2.84. The number of benzene rings is 1. The first-order valence-corrected chi connectivity index (χ1v) is 9.86. The van der Waals surface area contributed by atoms with E-state index < -0.39 is 0 Å². The third kappa shape index (κ3) is 6.23. The number of amides is 1. The van der Waals surface area contributed by atoms with Crippen molar-refractivity contribution < 1.29 is 19.2 Å². The van der Waals surface area contributed by atoms with Crippen LogP contribution in [0.2, 0.25) is 0 Å². The van der Waals surface area contributed by atoms with Crippen molar-refractivity contribution >= 4 is 46.3 Å². The minimum atomic E-state index is -0.230. The molecule has 2 rings (SSSR count). The number of carbonyl (C=O) groups excluding carboxylic acids is 2. The summed E-state index contributed by atoms with van der Waals surface area (Å²) >= 11 is 6.62. The van der Waals surface area contributed by atoms with Crippen LogP contribution in [0, 0.1) is 6.92 Å². The molecule has 26 heavy (non-hydrogen) atoms. The molecule has 1 amide bonds. The highest BCUT2D eigenvalue weighted by Crippen LogP contribution is 2.32. The minimum Gasteiger partial charge on any atom is -0.460 e. The summed E-state index contributed by atoms with van der Waals surface area (Å²) in [6.07, 6.45) is 2.69. The van der Waals surface area contributed by atoms with E-state index in [2.05, 4.69) is 0 Å². The van der Waals surface area contributed by atoms with Crippen LogP contribution in [-0.2, 0) is 14.3 Å². The first-order chi connectivity index (χ1) is 12.4. The van der Waals surface area contributed by atoms with Gasteiger partial charge in [0.1, 0.15) is 17.5 Å². The Morgan fingerprint density at radius 2 is 2.00 bits per heavy atom. The number of thiocarbonyl (C=S) groups is 1. The number of nitrogens with one attached hydrogen (secondary N) is 1. The highest BCUT2D eigenvalue weighted by atomic mass is 32.2. The Morgan fingerprint density at radius 3 is 2.65 bits per heavy atom. The maximum Gasteiger partial charge on any atom is 0.306 e. The van der Waals surface area contributed by atoms with Gasteiger partial charge in [-0.2, -0.15) is 0 Å². The fourth-order valence-electron chi connectivity index (χ4n) is 2.33. The van der Waals surface area contributed by atoms with Gasteiger partial charge >= 0.3 is 5.97 Å². The monoisotopic (exact) mass is 393 g/mol. The number of thioether (sulfide) groups is 1. The summed E-state index contributed by atoms with van der Waals surface area (Å²) in [5.41, 5.74) is 2.15. The van der Waals surface area contributed by atoms with Gasteiger partial charge in [0.15, 0.2) is 0 Å². The van der Waals surface area contributed by atoms with Gasteiger partial charge in [0.2, 0.25) is 0 Å². The highest BCUT2D eigenvalue weighted by molar-refractivity contribution is 8.26. The van der Waals surface area contributed by atoms with Crippen molar-refractivity contribution in [3.8, 4) is 0 Å². The zero-order valence-corrected chi connectivity index (χ0v) is 17.0. The second-order valence-corrected chi connectivity index (χ2v) is 8.20. The summed E-state index contributed by atoms with van der Waals surface area (Å²) < 4.78 is 5.71. The van der Waals surface area contributed by atoms with Gasteiger partial charge in [-0.3, -0.25) is 14.5 Å². The second-order valence-electron chi connectivity index (χ2n) is 6.53. The van der Waals surface area contributed by atoms with E-state index in [-0.39, 0.29) is 18.3 Å². The molecule has 1 aliphatic rings. The number of carbonyl (C=O) groups is 2. The summed E-state index contributed by atoms with van der Waals surface area (Å²) in [6, 6.07) is 7.98. The lowest BCUT2D eigenvalue weighted by atomic mass is 10.1. The number of esters is 1. The van der Waals surface area contributed by atoms with Crippen LogP contribution in [-0.4, -0.2) is 54.9 Å². The molecule has 0 aliphatic carbocycles. The topological polar surface area (TPSA) is 51.1 Å². The normalized spacial score (nSPS) is 16.0. The van der Waals surface area contributed by atoms with Gasteiger partial charge in [0, 0.05) is 13.0 Å². The van der Waals surface area contributed by atoms with Gasteiger partial charge in [-0.1, -0.05) is 53.8 Å². The van der Waals surface area contributed by atoms with E-state index in [4.69, 9.17) is 17.0 Å². The average molecular weight is 394 g/mol. The maximum atomic E-state index is 12.5. The first kappa shape index (κ1) is 20.6. The molecule has 0 saturated carbocycles. The van der Waals surface area contributed by atoms with Gasteiger partial charge in [-0.25, -0.2) is 0 Å². The van der Waals surface area contributed by atoms with Crippen LogP contribution in [0.4, 0.5) is 0 Å². The number of quaternary nitrogens is 1. The van der Waals surface area contributed by atoms with Gasteiger partial charge in [-0.05, 0) is 25.0 Å². The Hall–Kier alpha value is -1.70. The molecule has 140 valence electrons. The molecular formula is C19H25N2O3S2+. The molecule has 1 aromatic carbocycles. The summed E-state index contributed by atoms with van der Waals surface area (Å²) in [7, 11) is 4.01. The smallest absolute Gasteiger partial charge is 0.306 e. The van der Waals surface area contributed by atoms with Crippen LogP contribution < -0.4 is 4.90 Å². The number of rotatable bonds is 8. The summed E-state index contributed by atoms with van der Waals surface area (Å²) in [6.45, 7) is 3.66. The fourth-order valence-corrected chi connectivity index (χ4v) is 3.64. The molecule has 0 unspecified atom stereocenters. The predicted molar refractivity (Wildman–Crippen MR) is 109 cm³/mol. The Kier molecular flexibility index (Phi) is 7.81. The molecule has 1 heterocycles. The molecule has 7 heteroatoms. The number of likely N-dealkylation sites (N-methyl/N-ethyl adjacent to an activating group) is 1. The largest absolute Gasteiger partial charge is 0.460 e. The van der Waals surface area contributed by atoms with E-state index in [0.29, 0.717) is 28.8 Å². The van der Waals surface area contributed by atoms with E-state index in [1.165, 1.54) is 22.2 Å². The first-order valence-electron chi connectivity index (χ1n) is 8.63. The van der Waals surface area contributed by atoms with Crippen LogP contribution in [0.5, 0.6) is 0 Å². The number of ether oxygens (including phenoxy) is 1. The van der Waals surface area contributed by atoms with Crippen molar-refractivity contribution in [3.05, 3.63) is 40.3 Å². The SMILES string of the molecule is Cc1ccc(/C=C2/SC(=S)N(CCCC(=O)OCC[NH+](C)C)C2=O)cc1. The predicted octanol–water partition coefficient (Wildman–Crippen LogP) is 1.66. The Labute approximate surface area is 164 Å². The fraction of sp³-hybridized carbons (Fsp3) is 0.421. The van der Waals surface area contributed by atoms with Crippen molar-refractivity contribution in [2.24, 2.45) is 0 Å². The number of hydrogen-bond donors (Lipinski definition) is 1. The quantitative estimate of drug-likeness (QED) is 0.414. The molecule has 1 aliphatic heterocycles. The number of aryl methyl sites for hydroxylation is 1. The van der Waals surface area contributed by atoms with Crippen molar-refractivity contribution in [2.45, 2.75) is 19.8 Å². The Morgan fingerprint density at radius 1 is 1.31 bits per heavy atom. The zero-order valence-electron chi connectivity index (χ0n) is 15.4. The van der Waals surface area contributed by atoms with E-state index in [9.17, 15) is 9.59 Å². The van der Waals surface area contributed by atoms with Gasteiger partial charge < -0.3 is 9.64 Å². The molecular weight excluding hydrogens is 368 g/mol. The summed E-state index contributed by atoms with van der Waals surface area (Å²) in [4.78, 5) is 27.7. The van der Waals surface area contributed by atoms with Crippen molar-refractivity contribution in [2.75, 3.05) is 33.8 Å². The molecule has 0 bridgehead atoms. The van der Waals surface area contributed by atoms with Crippen LogP contribution in [0.15, 0.2) is 29.2 Å². The molecule has 0 atom stereocenters. The molecule has 1 fully saturated rings. The van der Waals surface area contributed by atoms with E-state index >= 15 is 0 Å². The lowest BCUT2D eigenvalue weighted by molar-refractivity contribution is -0.858. The number of nitrogens with zero attached hydrogens (tertiary/aromatic N) is 1. The lowest BCUT2D eigenvalue weighted by Gasteiger charge is -2.14. The molecule has 0 spiro atoms.